The van der Waals surface area contributed by atoms with Gasteiger partial charge < -0.3 is 19.9 Å². The number of methoxy groups -OCH3 is 1. The number of nitrogens with one attached hydrogen (secondary N) is 1. The summed E-state index contributed by atoms with van der Waals surface area (Å²) >= 11 is 0. The Bertz CT molecular complexity index is 399. The lowest BCUT2D eigenvalue weighted by Crippen LogP contribution is -2.47. The molecular weight excluding hydrogens is 254 g/mol. The summed E-state index contributed by atoms with van der Waals surface area (Å²) in [6, 6.07) is 8.46. The van der Waals surface area contributed by atoms with Crippen molar-refractivity contribution in [2.75, 3.05) is 26.9 Å². The minimum atomic E-state index is -0.605. The molecule has 2 rings (SSSR count). The van der Waals surface area contributed by atoms with Gasteiger partial charge >= 0.3 is 0 Å². The Labute approximate surface area is 121 Å². The van der Waals surface area contributed by atoms with Crippen molar-refractivity contribution in [3.05, 3.63) is 29.8 Å². The van der Waals surface area contributed by atoms with Gasteiger partial charge in [-0.25, -0.2) is 0 Å². The average molecular weight is 279 g/mol. The molecule has 4 heteroatoms. The molecule has 1 unspecified atom stereocenters. The third kappa shape index (κ3) is 4.47. The van der Waals surface area contributed by atoms with E-state index in [4.69, 9.17) is 9.47 Å². The smallest absolute Gasteiger partial charge is 0.118 e. The van der Waals surface area contributed by atoms with Gasteiger partial charge in [-0.05, 0) is 31.0 Å². The van der Waals surface area contributed by atoms with Crippen LogP contribution in [-0.4, -0.2) is 43.6 Å². The van der Waals surface area contributed by atoms with Crippen LogP contribution in [0.25, 0.3) is 0 Å². The number of benzene rings is 1. The maximum absolute atomic E-state index is 10.4. The highest BCUT2D eigenvalue weighted by atomic mass is 16.5. The SMILES string of the molecule is COc1ccc(CC(C)NCC2(O)CCOCC2)cc1. The molecule has 1 aliphatic rings. The predicted molar refractivity (Wildman–Crippen MR) is 79.2 cm³/mol. The van der Waals surface area contributed by atoms with Gasteiger partial charge in [-0.15, -0.1) is 0 Å². The van der Waals surface area contributed by atoms with Crippen molar-refractivity contribution in [2.24, 2.45) is 0 Å². The topological polar surface area (TPSA) is 50.7 Å². The Hall–Kier alpha value is -1.10. The number of hydrogen-bond donors (Lipinski definition) is 2. The summed E-state index contributed by atoms with van der Waals surface area (Å²) in [5, 5.41) is 13.8. The second kappa shape index (κ2) is 7.07. The highest BCUT2D eigenvalue weighted by Crippen LogP contribution is 2.19. The van der Waals surface area contributed by atoms with Crippen molar-refractivity contribution in [1.29, 1.82) is 0 Å². The van der Waals surface area contributed by atoms with Crippen molar-refractivity contribution in [2.45, 2.75) is 37.8 Å². The highest BCUT2D eigenvalue weighted by Gasteiger charge is 2.29. The van der Waals surface area contributed by atoms with Crippen LogP contribution in [0.5, 0.6) is 5.75 Å². The van der Waals surface area contributed by atoms with Crippen LogP contribution in [0.1, 0.15) is 25.3 Å². The average Bonchev–Trinajstić information content (AvgIpc) is 2.47. The molecule has 0 amide bonds. The first-order valence-corrected chi connectivity index (χ1v) is 7.28. The quantitative estimate of drug-likeness (QED) is 0.833. The van der Waals surface area contributed by atoms with E-state index in [9.17, 15) is 5.11 Å². The largest absolute Gasteiger partial charge is 0.497 e. The van der Waals surface area contributed by atoms with E-state index in [1.165, 1.54) is 5.56 Å². The molecule has 1 aromatic rings. The van der Waals surface area contributed by atoms with E-state index in [1.807, 2.05) is 12.1 Å². The summed E-state index contributed by atoms with van der Waals surface area (Å²) in [4.78, 5) is 0. The van der Waals surface area contributed by atoms with Gasteiger partial charge in [-0.2, -0.15) is 0 Å². The van der Waals surface area contributed by atoms with E-state index in [1.54, 1.807) is 7.11 Å². The maximum atomic E-state index is 10.4. The maximum Gasteiger partial charge on any atom is 0.118 e. The van der Waals surface area contributed by atoms with Crippen LogP contribution in [0, 0.1) is 0 Å². The fraction of sp³-hybridized carbons (Fsp3) is 0.625. The first kappa shape index (κ1) is 15.3. The van der Waals surface area contributed by atoms with Gasteiger partial charge in [0.05, 0.1) is 12.7 Å². The van der Waals surface area contributed by atoms with Crippen molar-refractivity contribution in [1.82, 2.24) is 5.32 Å². The summed E-state index contributed by atoms with van der Waals surface area (Å²) in [6.07, 6.45) is 2.38. The third-order valence-electron chi connectivity index (χ3n) is 3.90. The Morgan fingerprint density at radius 3 is 2.55 bits per heavy atom. The molecule has 0 radical (unpaired) electrons. The number of rotatable bonds is 6. The second-order valence-corrected chi connectivity index (χ2v) is 5.67. The molecule has 1 fully saturated rings. The monoisotopic (exact) mass is 279 g/mol. The molecule has 1 saturated heterocycles. The minimum Gasteiger partial charge on any atom is -0.497 e. The van der Waals surface area contributed by atoms with E-state index in [2.05, 4.69) is 24.4 Å². The standard InChI is InChI=1S/C16H25NO3/c1-13(11-14-3-5-15(19-2)6-4-14)17-12-16(18)7-9-20-10-8-16/h3-6,13,17-18H,7-12H2,1-2H3. The van der Waals surface area contributed by atoms with E-state index in [0.717, 1.165) is 25.0 Å². The van der Waals surface area contributed by atoms with Gasteiger partial charge in [0.25, 0.3) is 0 Å². The van der Waals surface area contributed by atoms with Gasteiger partial charge in [0.15, 0.2) is 0 Å². The summed E-state index contributed by atoms with van der Waals surface area (Å²) in [6.45, 7) is 4.09. The first-order valence-electron chi connectivity index (χ1n) is 7.28. The Kier molecular flexibility index (Phi) is 5.40. The predicted octanol–water partition coefficient (Wildman–Crippen LogP) is 1.76. The second-order valence-electron chi connectivity index (χ2n) is 5.67. The minimum absolute atomic E-state index is 0.329. The summed E-state index contributed by atoms with van der Waals surface area (Å²) in [5.74, 6) is 0.880. The molecule has 0 spiro atoms. The lowest BCUT2D eigenvalue weighted by molar-refractivity contribution is -0.0625. The normalized spacial score (nSPS) is 19.6. The Morgan fingerprint density at radius 1 is 1.30 bits per heavy atom. The molecule has 112 valence electrons. The number of aliphatic hydroxyl groups is 1. The van der Waals surface area contributed by atoms with Gasteiger partial charge in [0, 0.05) is 38.6 Å². The molecular formula is C16H25NO3. The van der Waals surface area contributed by atoms with E-state index >= 15 is 0 Å². The first-order chi connectivity index (χ1) is 9.61. The molecule has 1 aromatic carbocycles. The molecule has 4 nitrogen and oxygen atoms in total. The van der Waals surface area contributed by atoms with Crippen molar-refractivity contribution in [3.63, 3.8) is 0 Å². The van der Waals surface area contributed by atoms with Gasteiger partial charge in [-0.3, -0.25) is 0 Å². The van der Waals surface area contributed by atoms with Crippen LogP contribution in [0.2, 0.25) is 0 Å². The lowest BCUT2D eigenvalue weighted by atomic mass is 9.94. The zero-order chi connectivity index (χ0) is 14.4. The van der Waals surface area contributed by atoms with E-state index < -0.39 is 5.60 Å². The third-order valence-corrected chi connectivity index (χ3v) is 3.90. The summed E-state index contributed by atoms with van der Waals surface area (Å²) < 4.78 is 10.4. The molecule has 20 heavy (non-hydrogen) atoms. The van der Waals surface area contributed by atoms with Crippen LogP contribution in [-0.2, 0) is 11.2 Å². The Morgan fingerprint density at radius 2 is 1.95 bits per heavy atom. The van der Waals surface area contributed by atoms with Gasteiger partial charge in [0.1, 0.15) is 5.75 Å². The highest BCUT2D eigenvalue weighted by molar-refractivity contribution is 5.27. The summed E-state index contributed by atoms with van der Waals surface area (Å²) in [5.41, 5.74) is 0.664. The number of ether oxygens (including phenoxy) is 2. The van der Waals surface area contributed by atoms with Crippen molar-refractivity contribution in [3.8, 4) is 5.75 Å². The number of hydrogen-bond acceptors (Lipinski definition) is 4. The molecule has 1 heterocycles. The van der Waals surface area contributed by atoms with Crippen molar-refractivity contribution >= 4 is 0 Å². The molecule has 0 saturated carbocycles. The van der Waals surface area contributed by atoms with Crippen LogP contribution in [0.4, 0.5) is 0 Å². The fourth-order valence-electron chi connectivity index (χ4n) is 2.48. The van der Waals surface area contributed by atoms with Crippen LogP contribution in [0.3, 0.4) is 0 Å². The fourth-order valence-corrected chi connectivity index (χ4v) is 2.48. The molecule has 0 aromatic heterocycles. The van der Waals surface area contributed by atoms with Gasteiger partial charge in [-0.1, -0.05) is 12.1 Å². The van der Waals surface area contributed by atoms with Crippen molar-refractivity contribution < 1.29 is 14.6 Å². The molecule has 2 N–H and O–H groups in total. The molecule has 0 aliphatic carbocycles. The molecule has 1 atom stereocenters. The van der Waals surface area contributed by atoms with Gasteiger partial charge in [0.2, 0.25) is 0 Å². The zero-order valence-corrected chi connectivity index (χ0v) is 12.4. The van der Waals surface area contributed by atoms with E-state index in [0.29, 0.717) is 25.8 Å². The Balaban J connectivity index is 1.78. The van der Waals surface area contributed by atoms with Crippen LogP contribution in [0.15, 0.2) is 24.3 Å². The van der Waals surface area contributed by atoms with Crippen LogP contribution >= 0.6 is 0 Å². The van der Waals surface area contributed by atoms with E-state index in [-0.39, 0.29) is 0 Å². The van der Waals surface area contributed by atoms with Crippen LogP contribution < -0.4 is 10.1 Å². The summed E-state index contributed by atoms with van der Waals surface area (Å²) in [7, 11) is 1.67. The zero-order valence-electron chi connectivity index (χ0n) is 12.4. The molecule has 1 aliphatic heterocycles. The lowest BCUT2D eigenvalue weighted by Gasteiger charge is -2.33. The molecule has 0 bridgehead atoms.